The Hall–Kier alpha value is -0.610. The lowest BCUT2D eigenvalue weighted by Gasteiger charge is -2.39. The molecule has 4 nitrogen and oxygen atoms in total. The molecule has 2 atom stereocenters. The Morgan fingerprint density at radius 1 is 1.44 bits per heavy atom. The van der Waals surface area contributed by atoms with Crippen molar-refractivity contribution >= 4 is 5.91 Å². The SMILES string of the molecule is CCNC1CCCN(C2CCCOC2)C1=O. The van der Waals surface area contributed by atoms with Gasteiger partial charge < -0.3 is 15.0 Å². The number of piperidine rings is 1. The summed E-state index contributed by atoms with van der Waals surface area (Å²) in [4.78, 5) is 14.3. The summed E-state index contributed by atoms with van der Waals surface area (Å²) in [5.41, 5.74) is 0. The first-order chi connectivity index (χ1) is 7.83. The van der Waals surface area contributed by atoms with E-state index in [1.54, 1.807) is 0 Å². The van der Waals surface area contributed by atoms with Gasteiger partial charge in [-0.05, 0) is 32.2 Å². The maximum atomic E-state index is 12.2. The van der Waals surface area contributed by atoms with Gasteiger partial charge in [0.1, 0.15) is 0 Å². The number of nitrogens with one attached hydrogen (secondary N) is 1. The Morgan fingerprint density at radius 3 is 3.00 bits per heavy atom. The van der Waals surface area contributed by atoms with Gasteiger partial charge in [-0.2, -0.15) is 0 Å². The predicted molar refractivity (Wildman–Crippen MR) is 62.3 cm³/mol. The molecule has 4 heteroatoms. The highest BCUT2D eigenvalue weighted by Crippen LogP contribution is 2.20. The fourth-order valence-electron chi connectivity index (χ4n) is 2.67. The average Bonchev–Trinajstić information content (AvgIpc) is 2.33. The first-order valence-corrected chi connectivity index (χ1v) is 6.44. The third-order valence-electron chi connectivity index (χ3n) is 3.50. The van der Waals surface area contributed by atoms with Crippen LogP contribution in [0.5, 0.6) is 0 Å². The maximum absolute atomic E-state index is 12.2. The molecule has 16 heavy (non-hydrogen) atoms. The molecule has 92 valence electrons. The number of likely N-dealkylation sites (tertiary alicyclic amines) is 1. The van der Waals surface area contributed by atoms with Crippen molar-refractivity contribution in [3.63, 3.8) is 0 Å². The van der Waals surface area contributed by atoms with Gasteiger partial charge in [-0.1, -0.05) is 6.92 Å². The molecule has 2 heterocycles. The number of amides is 1. The summed E-state index contributed by atoms with van der Waals surface area (Å²) in [5.74, 6) is 0.281. The summed E-state index contributed by atoms with van der Waals surface area (Å²) in [7, 11) is 0. The van der Waals surface area contributed by atoms with Gasteiger partial charge in [-0.15, -0.1) is 0 Å². The van der Waals surface area contributed by atoms with E-state index in [9.17, 15) is 4.79 Å². The normalized spacial score (nSPS) is 31.8. The molecular formula is C12H22N2O2. The number of ether oxygens (including phenoxy) is 1. The molecule has 0 spiro atoms. The number of hydrogen-bond donors (Lipinski definition) is 1. The number of rotatable bonds is 3. The largest absolute Gasteiger partial charge is 0.379 e. The van der Waals surface area contributed by atoms with Crippen LogP contribution in [0.3, 0.4) is 0 Å². The summed E-state index contributed by atoms with van der Waals surface area (Å²) in [6.07, 6.45) is 4.28. The first-order valence-electron chi connectivity index (χ1n) is 6.44. The zero-order chi connectivity index (χ0) is 11.4. The average molecular weight is 226 g/mol. The van der Waals surface area contributed by atoms with E-state index in [0.717, 1.165) is 52.0 Å². The Kier molecular flexibility index (Phi) is 4.18. The minimum atomic E-state index is 0.0423. The van der Waals surface area contributed by atoms with E-state index < -0.39 is 0 Å². The first kappa shape index (κ1) is 11.9. The molecule has 0 bridgehead atoms. The smallest absolute Gasteiger partial charge is 0.240 e. The fourth-order valence-corrected chi connectivity index (χ4v) is 2.67. The summed E-state index contributed by atoms with van der Waals surface area (Å²) >= 11 is 0. The number of hydrogen-bond acceptors (Lipinski definition) is 3. The van der Waals surface area contributed by atoms with Gasteiger partial charge in [0.05, 0.1) is 18.7 Å². The van der Waals surface area contributed by atoms with Crippen molar-refractivity contribution in [3.8, 4) is 0 Å². The van der Waals surface area contributed by atoms with Gasteiger partial charge in [0.15, 0.2) is 0 Å². The second-order valence-electron chi connectivity index (χ2n) is 4.66. The van der Waals surface area contributed by atoms with Crippen LogP contribution < -0.4 is 5.32 Å². The van der Waals surface area contributed by atoms with Crippen molar-refractivity contribution in [1.29, 1.82) is 0 Å². The van der Waals surface area contributed by atoms with Crippen molar-refractivity contribution in [2.75, 3.05) is 26.3 Å². The number of nitrogens with zero attached hydrogens (tertiary/aromatic N) is 1. The molecule has 2 fully saturated rings. The highest BCUT2D eigenvalue weighted by atomic mass is 16.5. The molecule has 2 aliphatic rings. The molecule has 0 aromatic carbocycles. The highest BCUT2D eigenvalue weighted by Gasteiger charge is 2.33. The summed E-state index contributed by atoms with van der Waals surface area (Å²) < 4.78 is 5.46. The molecule has 0 radical (unpaired) electrons. The molecule has 1 N–H and O–H groups in total. The van der Waals surface area contributed by atoms with Crippen LogP contribution >= 0.6 is 0 Å². The Labute approximate surface area is 97.3 Å². The highest BCUT2D eigenvalue weighted by molar-refractivity contribution is 5.83. The van der Waals surface area contributed by atoms with Gasteiger partial charge in [0, 0.05) is 13.2 Å². The number of carbonyl (C=O) groups excluding carboxylic acids is 1. The minimum absolute atomic E-state index is 0.0423. The standard InChI is InChI=1S/C12H22N2O2/c1-2-13-11-6-3-7-14(12(11)15)10-5-4-8-16-9-10/h10-11,13H,2-9H2,1H3. The molecule has 0 aliphatic carbocycles. The Balaban J connectivity index is 1.94. The lowest BCUT2D eigenvalue weighted by atomic mass is 10.00. The molecule has 2 unspecified atom stereocenters. The zero-order valence-corrected chi connectivity index (χ0v) is 10.1. The van der Waals surface area contributed by atoms with Crippen molar-refractivity contribution in [3.05, 3.63) is 0 Å². The van der Waals surface area contributed by atoms with E-state index in [4.69, 9.17) is 4.74 Å². The van der Waals surface area contributed by atoms with Gasteiger partial charge in [-0.25, -0.2) is 0 Å². The van der Waals surface area contributed by atoms with Crippen molar-refractivity contribution < 1.29 is 9.53 Å². The quantitative estimate of drug-likeness (QED) is 0.772. The summed E-state index contributed by atoms with van der Waals surface area (Å²) in [6.45, 7) is 5.41. The monoisotopic (exact) mass is 226 g/mol. The third kappa shape index (κ3) is 2.55. The van der Waals surface area contributed by atoms with Crippen LogP contribution in [0, 0.1) is 0 Å². The molecule has 0 aromatic heterocycles. The lowest BCUT2D eigenvalue weighted by molar-refractivity contribution is -0.141. The molecule has 1 amide bonds. The van der Waals surface area contributed by atoms with Gasteiger partial charge in [0.25, 0.3) is 0 Å². The molecule has 0 saturated carbocycles. The van der Waals surface area contributed by atoms with Crippen LogP contribution in [0.25, 0.3) is 0 Å². The molecule has 2 rings (SSSR count). The maximum Gasteiger partial charge on any atom is 0.240 e. The van der Waals surface area contributed by atoms with Crippen LogP contribution in [-0.2, 0) is 9.53 Å². The minimum Gasteiger partial charge on any atom is -0.379 e. The van der Waals surface area contributed by atoms with Crippen LogP contribution in [0.2, 0.25) is 0 Å². The van der Waals surface area contributed by atoms with Crippen LogP contribution in [0.4, 0.5) is 0 Å². The number of likely N-dealkylation sites (N-methyl/N-ethyl adjacent to an activating group) is 1. The molecular weight excluding hydrogens is 204 g/mol. The van der Waals surface area contributed by atoms with Crippen LogP contribution in [0.1, 0.15) is 32.6 Å². The van der Waals surface area contributed by atoms with E-state index in [2.05, 4.69) is 12.2 Å². The Morgan fingerprint density at radius 2 is 2.31 bits per heavy atom. The van der Waals surface area contributed by atoms with E-state index in [0.29, 0.717) is 6.04 Å². The Bertz CT molecular complexity index is 237. The second kappa shape index (κ2) is 5.64. The topological polar surface area (TPSA) is 41.6 Å². The van der Waals surface area contributed by atoms with E-state index >= 15 is 0 Å². The number of carbonyl (C=O) groups is 1. The summed E-state index contributed by atoms with van der Waals surface area (Å²) in [6, 6.07) is 0.364. The zero-order valence-electron chi connectivity index (χ0n) is 10.1. The van der Waals surface area contributed by atoms with E-state index in [1.807, 2.05) is 4.90 Å². The van der Waals surface area contributed by atoms with E-state index in [1.165, 1.54) is 0 Å². The van der Waals surface area contributed by atoms with Crippen LogP contribution in [-0.4, -0.2) is 49.2 Å². The molecule has 2 saturated heterocycles. The van der Waals surface area contributed by atoms with Gasteiger partial charge in [0.2, 0.25) is 5.91 Å². The van der Waals surface area contributed by atoms with Crippen molar-refractivity contribution in [2.45, 2.75) is 44.7 Å². The van der Waals surface area contributed by atoms with Crippen molar-refractivity contribution in [2.24, 2.45) is 0 Å². The molecule has 2 aliphatic heterocycles. The third-order valence-corrected chi connectivity index (χ3v) is 3.50. The predicted octanol–water partition coefficient (Wildman–Crippen LogP) is 0.766. The van der Waals surface area contributed by atoms with E-state index in [-0.39, 0.29) is 11.9 Å². The van der Waals surface area contributed by atoms with Crippen LogP contribution in [0.15, 0.2) is 0 Å². The van der Waals surface area contributed by atoms with Gasteiger partial charge in [-0.3, -0.25) is 4.79 Å². The summed E-state index contributed by atoms with van der Waals surface area (Å²) in [5, 5.41) is 3.27. The second-order valence-corrected chi connectivity index (χ2v) is 4.66. The lowest BCUT2D eigenvalue weighted by Crippen LogP contribution is -2.55. The fraction of sp³-hybridized carbons (Fsp3) is 0.917. The van der Waals surface area contributed by atoms with Gasteiger partial charge >= 0.3 is 0 Å². The van der Waals surface area contributed by atoms with Crippen molar-refractivity contribution in [1.82, 2.24) is 10.2 Å². The molecule has 0 aromatic rings.